The van der Waals surface area contributed by atoms with Crippen LogP contribution in [0.1, 0.15) is 5.56 Å². The van der Waals surface area contributed by atoms with Gasteiger partial charge in [0.1, 0.15) is 0 Å². The average Bonchev–Trinajstić information content (AvgIpc) is 2.37. The van der Waals surface area contributed by atoms with Gasteiger partial charge in [0, 0.05) is 0 Å². The van der Waals surface area contributed by atoms with Crippen LogP contribution in [0.15, 0.2) is 48.5 Å². The van der Waals surface area contributed by atoms with E-state index >= 15 is 0 Å². The Hall–Kier alpha value is -2.08. The lowest BCUT2D eigenvalue weighted by Gasteiger charge is -2.11. The van der Waals surface area contributed by atoms with E-state index in [1.165, 1.54) is 37.9 Å². The largest absolute Gasteiger partial charge is 0.0610 e. The van der Waals surface area contributed by atoms with Crippen molar-refractivity contribution in [2.24, 2.45) is 0 Å². The van der Waals surface area contributed by atoms with Crippen molar-refractivity contribution in [2.45, 2.75) is 6.92 Å². The number of hydrogen-bond donors (Lipinski definition) is 0. The summed E-state index contributed by atoms with van der Waals surface area (Å²) < 4.78 is 0. The fourth-order valence-corrected chi connectivity index (χ4v) is 2.84. The highest BCUT2D eigenvalue weighted by Gasteiger charge is 2.09. The first-order valence-electron chi connectivity index (χ1n) is 5.90. The van der Waals surface area contributed by atoms with E-state index in [9.17, 15) is 0 Å². The predicted molar refractivity (Wildman–Crippen MR) is 73.7 cm³/mol. The third-order valence-electron chi connectivity index (χ3n) is 3.61. The maximum absolute atomic E-state index is 3.50. The highest BCUT2D eigenvalue weighted by Crippen LogP contribution is 2.35. The van der Waals surface area contributed by atoms with Crippen LogP contribution in [0, 0.1) is 13.0 Å². The Labute approximate surface area is 99.8 Å². The van der Waals surface area contributed by atoms with Gasteiger partial charge in [0.2, 0.25) is 0 Å². The summed E-state index contributed by atoms with van der Waals surface area (Å²) in [4.78, 5) is 0. The summed E-state index contributed by atoms with van der Waals surface area (Å²) in [7, 11) is 0. The first kappa shape index (κ1) is 9.00. The molecule has 0 N–H and O–H groups in total. The van der Waals surface area contributed by atoms with Crippen molar-refractivity contribution >= 4 is 32.3 Å². The molecular weight excluding hydrogens is 204 g/mol. The summed E-state index contributed by atoms with van der Waals surface area (Å²) >= 11 is 0. The van der Waals surface area contributed by atoms with Crippen LogP contribution >= 0.6 is 0 Å². The van der Waals surface area contributed by atoms with Crippen molar-refractivity contribution < 1.29 is 0 Å². The summed E-state index contributed by atoms with van der Waals surface area (Å²) in [6.07, 6.45) is 0. The van der Waals surface area contributed by atoms with Gasteiger partial charge in [-0.05, 0) is 50.9 Å². The van der Waals surface area contributed by atoms with Crippen molar-refractivity contribution in [2.75, 3.05) is 0 Å². The molecule has 4 aromatic carbocycles. The van der Waals surface area contributed by atoms with Crippen molar-refractivity contribution in [1.29, 1.82) is 0 Å². The molecule has 0 spiro atoms. The van der Waals surface area contributed by atoms with E-state index in [1.54, 1.807) is 0 Å². The van der Waals surface area contributed by atoms with E-state index in [-0.39, 0.29) is 0 Å². The van der Waals surface area contributed by atoms with E-state index < -0.39 is 0 Å². The number of benzene rings is 4. The maximum Gasteiger partial charge on any atom is -0.00204 e. The second-order valence-electron chi connectivity index (χ2n) is 4.62. The minimum Gasteiger partial charge on any atom is -0.0610 e. The van der Waals surface area contributed by atoms with Gasteiger partial charge in [0.25, 0.3) is 0 Å². The summed E-state index contributed by atoms with van der Waals surface area (Å²) in [6.45, 7) is 2.14. The molecule has 79 valence electrons. The topological polar surface area (TPSA) is 0 Å². The van der Waals surface area contributed by atoms with Crippen molar-refractivity contribution in [3.05, 3.63) is 60.2 Å². The SMILES string of the molecule is Cc1[c]c2cccc3ccc4cccc1c4c23. The second-order valence-corrected chi connectivity index (χ2v) is 4.62. The highest BCUT2D eigenvalue weighted by molar-refractivity contribution is 6.23. The van der Waals surface area contributed by atoms with Gasteiger partial charge in [-0.2, -0.15) is 0 Å². The fourth-order valence-electron chi connectivity index (χ4n) is 2.84. The predicted octanol–water partition coefficient (Wildman–Crippen LogP) is 4.69. The van der Waals surface area contributed by atoms with Gasteiger partial charge in [-0.1, -0.05) is 48.5 Å². The molecule has 0 atom stereocenters. The highest BCUT2D eigenvalue weighted by atomic mass is 14.1. The number of hydrogen-bond acceptors (Lipinski definition) is 0. The van der Waals surface area contributed by atoms with Gasteiger partial charge in [-0.15, -0.1) is 0 Å². The van der Waals surface area contributed by atoms with Gasteiger partial charge in [0.15, 0.2) is 0 Å². The third kappa shape index (κ3) is 1.07. The third-order valence-corrected chi connectivity index (χ3v) is 3.61. The maximum atomic E-state index is 3.50. The van der Waals surface area contributed by atoms with E-state index in [4.69, 9.17) is 0 Å². The van der Waals surface area contributed by atoms with Crippen LogP contribution in [0.2, 0.25) is 0 Å². The molecule has 1 radical (unpaired) electrons. The van der Waals surface area contributed by atoms with E-state index in [1.807, 2.05) is 0 Å². The molecular formula is C17H11. The van der Waals surface area contributed by atoms with E-state index in [0.717, 1.165) is 0 Å². The molecule has 0 heterocycles. The van der Waals surface area contributed by atoms with Crippen LogP contribution in [-0.4, -0.2) is 0 Å². The zero-order valence-electron chi connectivity index (χ0n) is 9.62. The molecule has 0 amide bonds. The first-order chi connectivity index (χ1) is 8.34. The molecule has 17 heavy (non-hydrogen) atoms. The second kappa shape index (κ2) is 2.98. The molecule has 0 bridgehead atoms. The molecule has 0 nitrogen and oxygen atoms in total. The van der Waals surface area contributed by atoms with Crippen molar-refractivity contribution in [3.8, 4) is 0 Å². The Morgan fingerprint density at radius 3 is 2.29 bits per heavy atom. The molecule has 0 aliphatic heterocycles. The molecule has 0 aliphatic rings. The van der Waals surface area contributed by atoms with Crippen LogP contribution in [0.5, 0.6) is 0 Å². The standard InChI is InChI=1S/C17H11/c1-11-10-14-6-2-4-12-8-9-13-5-3-7-15(11)17(13)16(12)14/h2-9H,1H3. The minimum atomic E-state index is 1.23. The zero-order valence-corrected chi connectivity index (χ0v) is 9.62. The van der Waals surface area contributed by atoms with E-state index in [0.29, 0.717) is 0 Å². The Bertz CT molecular complexity index is 840. The Balaban J connectivity index is 2.50. The fraction of sp³-hybridized carbons (Fsp3) is 0.0588. The molecule has 0 saturated carbocycles. The molecule has 0 heteroatoms. The summed E-state index contributed by atoms with van der Waals surface area (Å²) in [5.41, 5.74) is 1.24. The van der Waals surface area contributed by atoms with Gasteiger partial charge < -0.3 is 0 Å². The number of rotatable bonds is 0. The van der Waals surface area contributed by atoms with Gasteiger partial charge >= 0.3 is 0 Å². The Morgan fingerprint density at radius 2 is 1.47 bits per heavy atom. The quantitative estimate of drug-likeness (QED) is 0.373. The molecule has 4 aromatic rings. The Morgan fingerprint density at radius 1 is 0.765 bits per heavy atom. The van der Waals surface area contributed by atoms with Crippen molar-refractivity contribution in [3.63, 3.8) is 0 Å². The van der Waals surface area contributed by atoms with Gasteiger partial charge in [0.05, 0.1) is 0 Å². The first-order valence-corrected chi connectivity index (χ1v) is 5.90. The number of aryl methyl sites for hydroxylation is 1. The van der Waals surface area contributed by atoms with Gasteiger partial charge in [-0.25, -0.2) is 0 Å². The summed E-state index contributed by atoms with van der Waals surface area (Å²) in [5, 5.41) is 7.92. The average molecular weight is 215 g/mol. The smallest absolute Gasteiger partial charge is 0.00204 e. The zero-order chi connectivity index (χ0) is 11.4. The molecule has 0 unspecified atom stereocenters. The lowest BCUT2D eigenvalue weighted by atomic mass is 9.92. The van der Waals surface area contributed by atoms with Crippen LogP contribution in [0.4, 0.5) is 0 Å². The van der Waals surface area contributed by atoms with Crippen LogP contribution in [-0.2, 0) is 0 Å². The molecule has 4 rings (SSSR count). The molecule has 0 aromatic heterocycles. The normalized spacial score (nSPS) is 11.8. The lowest BCUT2D eigenvalue weighted by molar-refractivity contribution is 1.55. The van der Waals surface area contributed by atoms with Crippen LogP contribution < -0.4 is 0 Å². The molecule has 0 fully saturated rings. The summed E-state index contributed by atoms with van der Waals surface area (Å²) in [6, 6.07) is 20.9. The lowest BCUT2D eigenvalue weighted by Crippen LogP contribution is -1.86. The Kier molecular flexibility index (Phi) is 1.58. The minimum absolute atomic E-state index is 1.23. The molecule has 0 aliphatic carbocycles. The van der Waals surface area contributed by atoms with Gasteiger partial charge in [-0.3, -0.25) is 0 Å². The van der Waals surface area contributed by atoms with Crippen LogP contribution in [0.25, 0.3) is 32.3 Å². The van der Waals surface area contributed by atoms with E-state index in [2.05, 4.69) is 61.5 Å². The monoisotopic (exact) mass is 215 g/mol. The molecule has 0 saturated heterocycles. The van der Waals surface area contributed by atoms with Crippen LogP contribution in [0.3, 0.4) is 0 Å². The summed E-state index contributed by atoms with van der Waals surface area (Å²) in [5.74, 6) is 0. The van der Waals surface area contributed by atoms with Crippen molar-refractivity contribution in [1.82, 2.24) is 0 Å².